The van der Waals surface area contributed by atoms with E-state index < -0.39 is 0 Å². The lowest BCUT2D eigenvalue weighted by Crippen LogP contribution is -2.19. The maximum atomic E-state index is 10.7. The van der Waals surface area contributed by atoms with E-state index in [1.807, 2.05) is 6.92 Å². The van der Waals surface area contributed by atoms with Crippen molar-refractivity contribution in [1.82, 2.24) is 0 Å². The quantitative estimate of drug-likeness (QED) is 0.364. The lowest BCUT2D eigenvalue weighted by atomic mass is 10.4. The van der Waals surface area contributed by atoms with Crippen molar-refractivity contribution in [1.29, 1.82) is 0 Å². The Morgan fingerprint density at radius 2 is 2.18 bits per heavy atom. The number of aliphatic imine (C=N–C) groups is 1. The highest BCUT2D eigenvalue weighted by Gasteiger charge is 2.02. The highest BCUT2D eigenvalue weighted by molar-refractivity contribution is 5.96. The predicted octanol–water partition coefficient (Wildman–Crippen LogP) is 0.317. The number of rotatable bonds is 4. The summed E-state index contributed by atoms with van der Waals surface area (Å²) in [4.78, 5) is 14.6. The average molecular weight is 158 g/mol. The molecule has 0 amide bonds. The molecule has 0 radical (unpaired) electrons. The lowest BCUT2D eigenvalue weighted by molar-refractivity contribution is -0.141. The van der Waals surface area contributed by atoms with Gasteiger partial charge in [-0.15, -0.1) is 0 Å². The van der Waals surface area contributed by atoms with E-state index in [-0.39, 0.29) is 12.4 Å². The Hall–Kier alpha value is -1.06. The summed E-state index contributed by atoms with van der Waals surface area (Å²) < 4.78 is 4.66. The third-order valence-corrected chi connectivity index (χ3v) is 0.992. The van der Waals surface area contributed by atoms with Crippen LogP contribution in [0.2, 0.25) is 0 Å². The fourth-order valence-electron chi connectivity index (χ4n) is 0.619. The molecular formula is C7H14N2O2. The number of carbonyl (C=O) groups is 1. The zero-order chi connectivity index (χ0) is 8.69. The fraction of sp³-hybridized carbons (Fsp3) is 0.714. The largest absolute Gasteiger partial charge is 0.466 e. The third-order valence-electron chi connectivity index (χ3n) is 0.992. The van der Waals surface area contributed by atoms with Gasteiger partial charge in [-0.2, -0.15) is 0 Å². The van der Waals surface area contributed by atoms with E-state index in [1.165, 1.54) is 0 Å². The summed E-state index contributed by atoms with van der Waals surface area (Å²) >= 11 is 0. The first-order chi connectivity index (χ1) is 5.20. The number of carbonyl (C=O) groups excluding carboxylic acids is 1. The van der Waals surface area contributed by atoms with Crippen LogP contribution in [0.1, 0.15) is 20.3 Å². The second-order valence-electron chi connectivity index (χ2n) is 1.95. The van der Waals surface area contributed by atoms with E-state index >= 15 is 0 Å². The Balaban J connectivity index is 3.66. The fourth-order valence-corrected chi connectivity index (χ4v) is 0.619. The van der Waals surface area contributed by atoms with Crippen molar-refractivity contribution in [3.05, 3.63) is 0 Å². The summed E-state index contributed by atoms with van der Waals surface area (Å²) in [5.74, 6) is 0.0214. The van der Waals surface area contributed by atoms with Crippen molar-refractivity contribution in [3.8, 4) is 0 Å². The highest BCUT2D eigenvalue weighted by atomic mass is 16.5. The van der Waals surface area contributed by atoms with Crippen LogP contribution in [0.3, 0.4) is 0 Å². The van der Waals surface area contributed by atoms with Gasteiger partial charge in [0.15, 0.2) is 0 Å². The Morgan fingerprint density at radius 3 is 2.64 bits per heavy atom. The normalized spacial score (nSPS) is 11.3. The van der Waals surface area contributed by atoms with Crippen LogP contribution in [0.25, 0.3) is 0 Å². The standard InChI is InChI=1S/C7H14N2O2/c1-3-9-6(8)5-7(10)11-4-2/h3-5H2,1-2H3,(H2,8,9). The first-order valence-corrected chi connectivity index (χ1v) is 3.65. The van der Waals surface area contributed by atoms with E-state index in [2.05, 4.69) is 9.73 Å². The van der Waals surface area contributed by atoms with Crippen molar-refractivity contribution < 1.29 is 9.53 Å². The molecule has 0 spiro atoms. The van der Waals surface area contributed by atoms with Gasteiger partial charge in [-0.25, -0.2) is 0 Å². The molecule has 11 heavy (non-hydrogen) atoms. The summed E-state index contributed by atoms with van der Waals surface area (Å²) in [6.07, 6.45) is 0.0989. The molecule has 2 N–H and O–H groups in total. The summed E-state index contributed by atoms with van der Waals surface area (Å²) in [5.41, 5.74) is 5.36. The first-order valence-electron chi connectivity index (χ1n) is 3.65. The molecular weight excluding hydrogens is 144 g/mol. The van der Waals surface area contributed by atoms with Crippen LogP contribution >= 0.6 is 0 Å². The van der Waals surface area contributed by atoms with Crippen molar-refractivity contribution in [2.75, 3.05) is 13.2 Å². The van der Waals surface area contributed by atoms with Crippen LogP contribution in [0, 0.1) is 0 Å². The first kappa shape index (κ1) is 9.94. The Kier molecular flexibility index (Phi) is 5.15. The number of esters is 1. The Labute approximate surface area is 66.4 Å². The molecule has 4 heteroatoms. The number of nitrogens with zero attached hydrogens (tertiary/aromatic N) is 1. The van der Waals surface area contributed by atoms with Gasteiger partial charge in [0.2, 0.25) is 0 Å². The molecule has 0 unspecified atom stereocenters. The maximum Gasteiger partial charge on any atom is 0.313 e. The Bertz CT molecular complexity index is 155. The molecule has 0 aliphatic rings. The molecule has 4 nitrogen and oxygen atoms in total. The van der Waals surface area contributed by atoms with Crippen LogP contribution in [-0.2, 0) is 9.53 Å². The zero-order valence-corrected chi connectivity index (χ0v) is 6.96. The predicted molar refractivity (Wildman–Crippen MR) is 43.4 cm³/mol. The van der Waals surface area contributed by atoms with Crippen molar-refractivity contribution in [3.63, 3.8) is 0 Å². The summed E-state index contributed by atoms with van der Waals surface area (Å²) in [6, 6.07) is 0. The topological polar surface area (TPSA) is 64.7 Å². The number of hydrogen-bond donors (Lipinski definition) is 1. The molecule has 0 bridgehead atoms. The molecule has 0 aromatic heterocycles. The zero-order valence-electron chi connectivity index (χ0n) is 6.96. The number of ether oxygens (including phenoxy) is 1. The van der Waals surface area contributed by atoms with Crippen LogP contribution in [0.5, 0.6) is 0 Å². The summed E-state index contributed by atoms with van der Waals surface area (Å²) in [6.45, 7) is 4.60. The van der Waals surface area contributed by atoms with Crippen LogP contribution in [-0.4, -0.2) is 25.0 Å². The number of nitrogens with two attached hydrogens (primary N) is 1. The molecule has 0 aliphatic heterocycles. The van der Waals surface area contributed by atoms with Crippen molar-refractivity contribution in [2.24, 2.45) is 10.7 Å². The van der Waals surface area contributed by atoms with Crippen LogP contribution in [0.15, 0.2) is 4.99 Å². The molecule has 0 fully saturated rings. The summed E-state index contributed by atoms with van der Waals surface area (Å²) in [7, 11) is 0. The van der Waals surface area contributed by atoms with E-state index in [9.17, 15) is 4.79 Å². The molecule has 0 aliphatic carbocycles. The summed E-state index contributed by atoms with van der Waals surface area (Å²) in [5, 5.41) is 0. The molecule has 0 saturated carbocycles. The Morgan fingerprint density at radius 1 is 1.55 bits per heavy atom. The SMILES string of the molecule is CCN=C(N)CC(=O)OCC. The lowest BCUT2D eigenvalue weighted by Gasteiger charge is -1.99. The molecule has 0 saturated heterocycles. The third kappa shape index (κ3) is 5.39. The minimum Gasteiger partial charge on any atom is -0.466 e. The average Bonchev–Trinajstić information content (AvgIpc) is 1.87. The minimum atomic E-state index is -0.317. The van der Waals surface area contributed by atoms with E-state index in [0.717, 1.165) is 0 Å². The van der Waals surface area contributed by atoms with Crippen LogP contribution < -0.4 is 5.73 Å². The van der Waals surface area contributed by atoms with Crippen molar-refractivity contribution in [2.45, 2.75) is 20.3 Å². The highest BCUT2D eigenvalue weighted by Crippen LogP contribution is 1.86. The van der Waals surface area contributed by atoms with E-state index in [1.54, 1.807) is 6.92 Å². The van der Waals surface area contributed by atoms with Gasteiger partial charge in [0, 0.05) is 6.54 Å². The number of amidine groups is 1. The van der Waals surface area contributed by atoms with Gasteiger partial charge in [0.05, 0.1) is 6.61 Å². The smallest absolute Gasteiger partial charge is 0.313 e. The monoisotopic (exact) mass is 158 g/mol. The van der Waals surface area contributed by atoms with E-state index in [0.29, 0.717) is 19.0 Å². The number of hydrogen-bond acceptors (Lipinski definition) is 3. The van der Waals surface area contributed by atoms with Gasteiger partial charge in [-0.1, -0.05) is 0 Å². The molecule has 0 atom stereocenters. The molecule has 64 valence electrons. The maximum absolute atomic E-state index is 10.7. The molecule has 0 aromatic carbocycles. The molecule has 0 heterocycles. The van der Waals surface area contributed by atoms with Crippen molar-refractivity contribution >= 4 is 11.8 Å². The van der Waals surface area contributed by atoms with Gasteiger partial charge in [-0.3, -0.25) is 9.79 Å². The van der Waals surface area contributed by atoms with Crippen LogP contribution in [0.4, 0.5) is 0 Å². The van der Waals surface area contributed by atoms with E-state index in [4.69, 9.17) is 5.73 Å². The van der Waals surface area contributed by atoms with Gasteiger partial charge in [0.1, 0.15) is 12.3 Å². The van der Waals surface area contributed by atoms with Gasteiger partial charge < -0.3 is 10.5 Å². The molecule has 0 rings (SSSR count). The van der Waals surface area contributed by atoms with Gasteiger partial charge in [-0.05, 0) is 13.8 Å². The second-order valence-corrected chi connectivity index (χ2v) is 1.95. The van der Waals surface area contributed by atoms with Gasteiger partial charge >= 0.3 is 5.97 Å². The minimum absolute atomic E-state index is 0.0989. The second kappa shape index (κ2) is 5.70. The van der Waals surface area contributed by atoms with Gasteiger partial charge in [0.25, 0.3) is 0 Å². The molecule has 0 aromatic rings.